The first-order chi connectivity index (χ1) is 10.2. The van der Waals surface area contributed by atoms with Crippen LogP contribution in [0.25, 0.3) is 0 Å². The average molecular weight is 310 g/mol. The number of benzene rings is 1. The molecule has 7 nitrogen and oxygen atoms in total. The number of aliphatic hydroxyl groups excluding tert-OH is 1. The normalized spacial score (nSPS) is 11.7. The minimum absolute atomic E-state index is 0.153. The molecular weight excluding hydrogens is 292 g/mol. The summed E-state index contributed by atoms with van der Waals surface area (Å²) in [5.41, 5.74) is -1.05. The fourth-order valence-electron chi connectivity index (χ4n) is 1.48. The minimum atomic E-state index is -0.944. The van der Waals surface area contributed by atoms with Crippen LogP contribution in [0.2, 0.25) is 0 Å². The number of aliphatic hydroxyl groups is 1. The van der Waals surface area contributed by atoms with Crippen molar-refractivity contribution < 1.29 is 34.0 Å². The molecule has 7 heteroatoms. The van der Waals surface area contributed by atoms with E-state index in [-0.39, 0.29) is 17.1 Å². The van der Waals surface area contributed by atoms with Gasteiger partial charge in [-0.3, -0.25) is 0 Å². The second-order valence-electron chi connectivity index (χ2n) is 5.24. The van der Waals surface area contributed by atoms with Crippen LogP contribution in [-0.2, 0) is 14.3 Å². The molecule has 0 bridgehead atoms. The van der Waals surface area contributed by atoms with Crippen LogP contribution in [0.15, 0.2) is 30.2 Å². The van der Waals surface area contributed by atoms with Gasteiger partial charge in [0.2, 0.25) is 5.76 Å². The molecule has 1 aromatic rings. The zero-order valence-electron chi connectivity index (χ0n) is 12.7. The van der Waals surface area contributed by atoms with E-state index in [2.05, 4.69) is 4.74 Å². The number of hydrogen-bond acceptors (Lipinski definition) is 7. The predicted octanol–water partition coefficient (Wildman–Crippen LogP) is 2.30. The van der Waals surface area contributed by atoms with Crippen molar-refractivity contribution in [2.24, 2.45) is 0 Å². The van der Waals surface area contributed by atoms with Crippen LogP contribution < -0.4 is 4.74 Å². The van der Waals surface area contributed by atoms with Gasteiger partial charge < -0.3 is 24.4 Å². The highest BCUT2D eigenvalue weighted by Gasteiger charge is 2.26. The van der Waals surface area contributed by atoms with E-state index in [0.717, 1.165) is 7.11 Å². The summed E-state index contributed by atoms with van der Waals surface area (Å²) >= 11 is 0. The lowest BCUT2D eigenvalue weighted by Gasteiger charge is -2.21. The molecule has 0 saturated heterocycles. The Kier molecular flexibility index (Phi) is 5.39. The number of ether oxygens (including phenoxy) is 3. The van der Waals surface area contributed by atoms with Crippen molar-refractivity contribution in [1.29, 1.82) is 0 Å². The molecular formula is C15H18O7. The molecule has 0 unspecified atom stereocenters. The summed E-state index contributed by atoms with van der Waals surface area (Å²) in [7, 11) is 1.10. The second-order valence-corrected chi connectivity index (χ2v) is 5.24. The lowest BCUT2D eigenvalue weighted by Crippen LogP contribution is -2.24. The van der Waals surface area contributed by atoms with Crippen molar-refractivity contribution in [1.82, 2.24) is 0 Å². The number of esters is 2. The van der Waals surface area contributed by atoms with Crippen LogP contribution >= 0.6 is 0 Å². The van der Waals surface area contributed by atoms with E-state index in [1.54, 1.807) is 20.8 Å². The Hall–Kier alpha value is -2.70. The topological polar surface area (TPSA) is 102 Å². The number of phenols is 1. The highest BCUT2D eigenvalue weighted by molar-refractivity contribution is 5.96. The van der Waals surface area contributed by atoms with Crippen LogP contribution in [0.5, 0.6) is 11.5 Å². The standard InChI is InChI=1S/C15H18O7/c1-15(2,3)22-14(19)12-9(17)6-5-7-10(12)21-11(8-16)13(18)20-4/h5-8,16-17H,1-4H3. The SMILES string of the molecule is COC(=O)C(=CO)Oc1cccc(O)c1C(=O)OC(C)(C)C. The van der Waals surface area contributed by atoms with Gasteiger partial charge in [0.25, 0.3) is 0 Å². The van der Waals surface area contributed by atoms with Gasteiger partial charge in [0, 0.05) is 0 Å². The third kappa shape index (κ3) is 4.41. The molecule has 0 saturated carbocycles. The van der Waals surface area contributed by atoms with Crippen molar-refractivity contribution in [3.05, 3.63) is 35.8 Å². The summed E-state index contributed by atoms with van der Waals surface area (Å²) < 4.78 is 14.7. The molecule has 0 fully saturated rings. The quantitative estimate of drug-likeness (QED) is 0.499. The summed E-state index contributed by atoms with van der Waals surface area (Å²) in [6.45, 7) is 5.00. The van der Waals surface area contributed by atoms with Gasteiger partial charge in [0.15, 0.2) is 0 Å². The second kappa shape index (κ2) is 6.84. The number of aromatic hydroxyl groups is 1. The number of rotatable bonds is 4. The van der Waals surface area contributed by atoms with Gasteiger partial charge >= 0.3 is 11.9 Å². The number of carbonyl (C=O) groups is 2. The molecule has 0 atom stereocenters. The molecule has 0 heterocycles. The maximum Gasteiger partial charge on any atom is 0.377 e. The molecule has 22 heavy (non-hydrogen) atoms. The summed E-state index contributed by atoms with van der Waals surface area (Å²) in [6.07, 6.45) is 0.398. The van der Waals surface area contributed by atoms with Crippen LogP contribution in [0.1, 0.15) is 31.1 Å². The maximum atomic E-state index is 12.2. The predicted molar refractivity (Wildman–Crippen MR) is 76.6 cm³/mol. The Bertz CT molecular complexity index is 596. The third-order valence-corrected chi connectivity index (χ3v) is 2.33. The maximum absolute atomic E-state index is 12.2. The van der Waals surface area contributed by atoms with E-state index in [1.807, 2.05) is 0 Å². The highest BCUT2D eigenvalue weighted by atomic mass is 16.6. The van der Waals surface area contributed by atoms with E-state index >= 15 is 0 Å². The van der Waals surface area contributed by atoms with E-state index in [1.165, 1.54) is 18.2 Å². The third-order valence-electron chi connectivity index (χ3n) is 2.33. The molecule has 0 aromatic heterocycles. The smallest absolute Gasteiger partial charge is 0.377 e. The van der Waals surface area contributed by atoms with E-state index in [0.29, 0.717) is 6.26 Å². The Labute approximate surface area is 127 Å². The fourth-order valence-corrected chi connectivity index (χ4v) is 1.48. The summed E-state index contributed by atoms with van der Waals surface area (Å²) in [5, 5.41) is 18.9. The highest BCUT2D eigenvalue weighted by Crippen LogP contribution is 2.31. The van der Waals surface area contributed by atoms with E-state index in [4.69, 9.17) is 14.6 Å². The molecule has 0 spiro atoms. The number of phenolic OH excluding ortho intramolecular Hbond substituents is 1. The molecule has 2 N–H and O–H groups in total. The van der Waals surface area contributed by atoms with Crippen LogP contribution in [0.3, 0.4) is 0 Å². The zero-order valence-corrected chi connectivity index (χ0v) is 12.7. The molecule has 0 aliphatic rings. The van der Waals surface area contributed by atoms with Gasteiger partial charge in [-0.1, -0.05) is 6.07 Å². The average Bonchev–Trinajstić information content (AvgIpc) is 2.41. The summed E-state index contributed by atoms with van der Waals surface area (Å²) in [4.78, 5) is 23.5. The number of hydrogen-bond donors (Lipinski definition) is 2. The fraction of sp³-hybridized carbons (Fsp3) is 0.333. The molecule has 0 aliphatic carbocycles. The van der Waals surface area contributed by atoms with Crippen molar-refractivity contribution in [2.45, 2.75) is 26.4 Å². The number of carbonyl (C=O) groups excluding carboxylic acids is 2. The Morgan fingerprint density at radius 2 is 1.86 bits per heavy atom. The van der Waals surface area contributed by atoms with Gasteiger partial charge in [-0.2, -0.15) is 0 Å². The molecule has 1 aromatic carbocycles. The molecule has 0 radical (unpaired) electrons. The molecule has 1 rings (SSSR count). The van der Waals surface area contributed by atoms with Crippen molar-refractivity contribution in [3.8, 4) is 11.5 Å². The van der Waals surface area contributed by atoms with Gasteiger partial charge in [-0.25, -0.2) is 9.59 Å². The van der Waals surface area contributed by atoms with Crippen molar-refractivity contribution in [2.75, 3.05) is 7.11 Å². The largest absolute Gasteiger partial charge is 0.511 e. The van der Waals surface area contributed by atoms with E-state index in [9.17, 15) is 14.7 Å². The van der Waals surface area contributed by atoms with Crippen LogP contribution in [0, 0.1) is 0 Å². The van der Waals surface area contributed by atoms with Gasteiger partial charge in [-0.15, -0.1) is 0 Å². The van der Waals surface area contributed by atoms with Gasteiger partial charge in [0.05, 0.1) is 7.11 Å². The lowest BCUT2D eigenvalue weighted by molar-refractivity contribution is -0.138. The first-order valence-electron chi connectivity index (χ1n) is 6.35. The van der Waals surface area contributed by atoms with E-state index < -0.39 is 23.3 Å². The lowest BCUT2D eigenvalue weighted by atomic mass is 10.1. The monoisotopic (exact) mass is 310 g/mol. The minimum Gasteiger partial charge on any atom is -0.511 e. The zero-order chi connectivity index (χ0) is 16.9. The first-order valence-corrected chi connectivity index (χ1v) is 6.35. The Morgan fingerprint density at radius 1 is 1.23 bits per heavy atom. The van der Waals surface area contributed by atoms with Crippen molar-refractivity contribution >= 4 is 11.9 Å². The van der Waals surface area contributed by atoms with Gasteiger partial charge in [0.1, 0.15) is 28.9 Å². The van der Waals surface area contributed by atoms with Crippen LogP contribution in [-0.4, -0.2) is 34.9 Å². The summed E-state index contributed by atoms with van der Waals surface area (Å²) in [5.74, 6) is -2.85. The van der Waals surface area contributed by atoms with Crippen LogP contribution in [0.4, 0.5) is 0 Å². The Balaban J connectivity index is 3.19. The molecule has 0 aliphatic heterocycles. The summed E-state index contributed by atoms with van der Waals surface area (Å²) in [6, 6.07) is 4.02. The Morgan fingerprint density at radius 3 is 2.36 bits per heavy atom. The van der Waals surface area contributed by atoms with Crippen molar-refractivity contribution in [3.63, 3.8) is 0 Å². The first kappa shape index (κ1) is 17.4. The van der Waals surface area contributed by atoms with Gasteiger partial charge in [-0.05, 0) is 32.9 Å². The number of methoxy groups -OCH3 is 1. The molecule has 0 amide bonds. The molecule has 120 valence electrons.